The molecule has 0 spiro atoms. The number of phenolic OH excluding ortho intramolecular Hbond substituents is 1. The lowest BCUT2D eigenvalue weighted by atomic mass is 9.59. The molecule has 7 nitrogen and oxygen atoms in total. The van der Waals surface area contributed by atoms with Crippen molar-refractivity contribution in [1.82, 2.24) is 4.90 Å². The lowest BCUT2D eigenvalue weighted by molar-refractivity contribution is -0.145. The van der Waals surface area contributed by atoms with Gasteiger partial charge in [0.15, 0.2) is 11.6 Å². The molecule has 1 aromatic carbocycles. The third-order valence-electron chi connectivity index (χ3n) is 7.55. The minimum Gasteiger partial charge on any atom is -0.508 e. The van der Waals surface area contributed by atoms with Gasteiger partial charge in [0.2, 0.25) is 11.8 Å². The Morgan fingerprint density at radius 1 is 1.09 bits per heavy atom. The molecular formula is C27H26BrNO6. The number of carbonyl (C=O) groups excluding carboxylic acids is 4. The normalized spacial score (nSPS) is 28.4. The molecule has 1 fully saturated rings. The molecule has 2 amide bonds. The van der Waals surface area contributed by atoms with Gasteiger partial charge in [-0.25, -0.2) is 0 Å². The van der Waals surface area contributed by atoms with Crippen molar-refractivity contribution < 1.29 is 29.0 Å². The number of amides is 2. The number of hydrogen-bond acceptors (Lipinski definition) is 6. The number of halogens is 1. The zero-order valence-corrected chi connectivity index (χ0v) is 21.5. The van der Waals surface area contributed by atoms with Crippen LogP contribution in [0.5, 0.6) is 11.5 Å². The highest BCUT2D eigenvalue weighted by atomic mass is 79.9. The maximum absolute atomic E-state index is 13.7. The first-order chi connectivity index (χ1) is 16.5. The number of allylic oxidation sites excluding steroid dienone is 6. The number of nitrogens with zero attached hydrogens (tertiary/aromatic N) is 1. The van der Waals surface area contributed by atoms with Crippen LogP contribution < -0.4 is 4.74 Å². The van der Waals surface area contributed by atoms with Crippen molar-refractivity contribution >= 4 is 39.3 Å². The molecule has 182 valence electrons. The summed E-state index contributed by atoms with van der Waals surface area (Å²) in [6.45, 7) is 5.49. The Balaban J connectivity index is 1.71. The van der Waals surface area contributed by atoms with Crippen molar-refractivity contribution in [1.29, 1.82) is 0 Å². The molecule has 4 aliphatic rings. The standard InChI is InChI=1S/C27H26BrNO6/c1-27(2,3)29-25(33)14-7-6-13-15(22(14)26(29)34)10-17-23(20(31)11-18(28)24(17)32)21(13)16-9-12(35-4)5-8-19(16)30/h5-6,8-9,11,14-15,21-22,30H,7,10H2,1-4H3/t14-,15+,21+,22-/m0/s1. The fraction of sp³-hybridized carbons (Fsp3) is 0.407. The molecule has 1 heterocycles. The van der Waals surface area contributed by atoms with Gasteiger partial charge >= 0.3 is 0 Å². The van der Waals surface area contributed by atoms with Crippen LogP contribution in [0.2, 0.25) is 0 Å². The van der Waals surface area contributed by atoms with E-state index in [1.165, 1.54) is 24.2 Å². The predicted octanol–water partition coefficient (Wildman–Crippen LogP) is 3.96. The van der Waals surface area contributed by atoms with Gasteiger partial charge in [0, 0.05) is 34.2 Å². The number of methoxy groups -OCH3 is 1. The first-order valence-corrected chi connectivity index (χ1v) is 12.4. The van der Waals surface area contributed by atoms with Gasteiger partial charge in [0.1, 0.15) is 11.5 Å². The molecule has 3 aliphatic carbocycles. The van der Waals surface area contributed by atoms with E-state index in [0.29, 0.717) is 28.9 Å². The second-order valence-corrected chi connectivity index (χ2v) is 11.4. The molecule has 1 saturated heterocycles. The van der Waals surface area contributed by atoms with Crippen LogP contribution in [-0.2, 0) is 19.2 Å². The van der Waals surface area contributed by atoms with E-state index in [2.05, 4.69) is 15.9 Å². The number of ketones is 2. The number of ether oxygens (including phenoxy) is 1. The van der Waals surface area contributed by atoms with Gasteiger partial charge < -0.3 is 9.84 Å². The van der Waals surface area contributed by atoms with E-state index in [1.54, 1.807) is 12.1 Å². The summed E-state index contributed by atoms with van der Waals surface area (Å²) in [4.78, 5) is 54.8. The van der Waals surface area contributed by atoms with Gasteiger partial charge in [-0.15, -0.1) is 0 Å². The SMILES string of the molecule is COc1ccc(O)c([C@H]2C3=CC[C@@H]4C(=O)N(C(C)(C)C)C(=O)[C@@H]4[C@@H]3CC3=C2C(=O)C=C(Br)C3=O)c1. The third kappa shape index (κ3) is 3.44. The summed E-state index contributed by atoms with van der Waals surface area (Å²) >= 11 is 3.21. The molecule has 0 bridgehead atoms. The van der Waals surface area contributed by atoms with Crippen molar-refractivity contribution in [3.05, 3.63) is 57.1 Å². The second kappa shape index (κ2) is 8.01. The minimum atomic E-state index is -0.723. The number of likely N-dealkylation sites (tertiary alicyclic amines) is 1. The first-order valence-electron chi connectivity index (χ1n) is 11.6. The monoisotopic (exact) mass is 539 g/mol. The highest BCUT2D eigenvalue weighted by molar-refractivity contribution is 9.12. The highest BCUT2D eigenvalue weighted by Crippen LogP contribution is 2.56. The highest BCUT2D eigenvalue weighted by Gasteiger charge is 2.58. The van der Waals surface area contributed by atoms with Crippen LogP contribution in [-0.4, -0.2) is 46.0 Å². The Bertz CT molecular complexity index is 1300. The van der Waals surface area contributed by atoms with Crippen LogP contribution in [0.1, 0.15) is 45.1 Å². The Labute approximate surface area is 211 Å². The zero-order chi connectivity index (χ0) is 25.4. The van der Waals surface area contributed by atoms with Crippen LogP contribution >= 0.6 is 15.9 Å². The van der Waals surface area contributed by atoms with E-state index < -0.39 is 29.2 Å². The Hall–Kier alpha value is -3.00. The molecule has 0 unspecified atom stereocenters. The number of Topliss-reactive ketones (excluding diaryl/α,β-unsaturated/α-hetero) is 1. The fourth-order valence-corrected chi connectivity index (χ4v) is 6.56. The number of hydrogen-bond donors (Lipinski definition) is 1. The number of fused-ring (bicyclic) bond motifs is 3. The maximum atomic E-state index is 13.7. The number of benzene rings is 1. The number of rotatable bonds is 2. The van der Waals surface area contributed by atoms with Gasteiger partial charge in [-0.3, -0.25) is 24.1 Å². The summed E-state index contributed by atoms with van der Waals surface area (Å²) in [5.41, 5.74) is 1.19. The number of imide groups is 1. The summed E-state index contributed by atoms with van der Waals surface area (Å²) in [6.07, 6.45) is 3.75. The topological polar surface area (TPSA) is 101 Å². The molecule has 5 rings (SSSR count). The fourth-order valence-electron chi connectivity index (χ4n) is 6.11. The molecule has 0 saturated carbocycles. The van der Waals surface area contributed by atoms with E-state index in [9.17, 15) is 24.3 Å². The summed E-state index contributed by atoms with van der Waals surface area (Å²) in [7, 11) is 1.51. The van der Waals surface area contributed by atoms with Crippen LogP contribution in [0.15, 0.2) is 51.6 Å². The van der Waals surface area contributed by atoms with E-state index >= 15 is 0 Å². The predicted molar refractivity (Wildman–Crippen MR) is 131 cm³/mol. The Morgan fingerprint density at radius 2 is 1.80 bits per heavy atom. The molecule has 8 heteroatoms. The smallest absolute Gasteiger partial charge is 0.234 e. The van der Waals surface area contributed by atoms with Crippen LogP contribution in [0.4, 0.5) is 0 Å². The van der Waals surface area contributed by atoms with Crippen molar-refractivity contribution in [2.24, 2.45) is 17.8 Å². The van der Waals surface area contributed by atoms with Crippen molar-refractivity contribution in [3.63, 3.8) is 0 Å². The van der Waals surface area contributed by atoms with Crippen LogP contribution in [0.25, 0.3) is 0 Å². The van der Waals surface area contributed by atoms with Gasteiger partial charge in [0.25, 0.3) is 0 Å². The molecular weight excluding hydrogens is 514 g/mol. The molecule has 1 aromatic rings. The largest absolute Gasteiger partial charge is 0.508 e. The van der Waals surface area contributed by atoms with E-state index in [0.717, 1.165) is 5.57 Å². The Kier molecular flexibility index (Phi) is 5.43. The van der Waals surface area contributed by atoms with E-state index in [1.807, 2.05) is 26.8 Å². The first kappa shape index (κ1) is 23.7. The number of aromatic hydroxyl groups is 1. The minimum absolute atomic E-state index is 0.0367. The van der Waals surface area contributed by atoms with Gasteiger partial charge in [-0.1, -0.05) is 11.6 Å². The Morgan fingerprint density at radius 3 is 2.46 bits per heavy atom. The molecule has 4 atom stereocenters. The molecule has 0 aromatic heterocycles. The van der Waals surface area contributed by atoms with Gasteiger partial charge in [-0.2, -0.15) is 0 Å². The summed E-state index contributed by atoms with van der Waals surface area (Å²) in [6, 6.07) is 4.77. The zero-order valence-electron chi connectivity index (χ0n) is 19.9. The lowest BCUT2D eigenvalue weighted by Crippen LogP contribution is -2.46. The van der Waals surface area contributed by atoms with Crippen molar-refractivity contribution in [2.75, 3.05) is 7.11 Å². The average Bonchev–Trinajstić information content (AvgIpc) is 3.07. The van der Waals surface area contributed by atoms with E-state index in [4.69, 9.17) is 4.74 Å². The van der Waals surface area contributed by atoms with Gasteiger partial charge in [-0.05, 0) is 73.7 Å². The summed E-state index contributed by atoms with van der Waals surface area (Å²) in [5, 5.41) is 10.8. The second-order valence-electron chi connectivity index (χ2n) is 10.5. The van der Waals surface area contributed by atoms with Crippen molar-refractivity contribution in [3.8, 4) is 11.5 Å². The summed E-state index contributed by atoms with van der Waals surface area (Å²) < 4.78 is 5.53. The summed E-state index contributed by atoms with van der Waals surface area (Å²) in [5.74, 6) is -2.91. The molecule has 0 radical (unpaired) electrons. The maximum Gasteiger partial charge on any atom is 0.234 e. The van der Waals surface area contributed by atoms with Crippen LogP contribution in [0, 0.1) is 17.8 Å². The molecule has 35 heavy (non-hydrogen) atoms. The molecule has 1 N–H and O–H groups in total. The average molecular weight is 540 g/mol. The lowest BCUT2D eigenvalue weighted by Gasteiger charge is -2.42. The van der Waals surface area contributed by atoms with E-state index in [-0.39, 0.29) is 40.0 Å². The van der Waals surface area contributed by atoms with Gasteiger partial charge in [0.05, 0.1) is 23.4 Å². The number of phenols is 1. The molecule has 1 aliphatic heterocycles. The third-order valence-corrected chi connectivity index (χ3v) is 8.14. The van der Waals surface area contributed by atoms with Crippen molar-refractivity contribution in [2.45, 2.75) is 45.1 Å². The quantitative estimate of drug-likeness (QED) is 0.346. The number of carbonyl (C=O) groups is 4. The van der Waals surface area contributed by atoms with Crippen LogP contribution in [0.3, 0.4) is 0 Å².